The zero-order valence-corrected chi connectivity index (χ0v) is 7.68. The summed E-state index contributed by atoms with van der Waals surface area (Å²) in [6.45, 7) is 2.37. The van der Waals surface area contributed by atoms with Crippen LogP contribution in [-0.4, -0.2) is 13.1 Å². The number of hydrogen-bond donors (Lipinski definition) is 1. The van der Waals surface area contributed by atoms with E-state index in [1.165, 1.54) is 38.8 Å². The molecule has 1 atom stereocenters. The van der Waals surface area contributed by atoms with Gasteiger partial charge in [-0.25, -0.2) is 0 Å². The summed E-state index contributed by atoms with van der Waals surface area (Å²) in [6.07, 6.45) is 7.08. The zero-order valence-electron chi connectivity index (χ0n) is 7.68. The highest BCUT2D eigenvalue weighted by Gasteiger charge is 2.10. The minimum absolute atomic E-state index is 0.740. The average Bonchev–Trinajstić information content (AvgIpc) is 2.33. The standard InChI is InChI=1S/C10H18N2/c11-7-2-1-4-10-5-3-8-12-9-6-10/h10,12H,1-6,8-9H2. The number of nitrogens with zero attached hydrogens (tertiary/aromatic N) is 1. The first-order valence-electron chi connectivity index (χ1n) is 5.01. The van der Waals surface area contributed by atoms with Crippen molar-refractivity contribution < 1.29 is 0 Å². The van der Waals surface area contributed by atoms with Crippen LogP contribution in [0.5, 0.6) is 0 Å². The Morgan fingerprint density at radius 2 is 2.25 bits per heavy atom. The molecule has 0 amide bonds. The Hall–Kier alpha value is -0.550. The van der Waals surface area contributed by atoms with Gasteiger partial charge in [0, 0.05) is 6.42 Å². The van der Waals surface area contributed by atoms with E-state index >= 15 is 0 Å². The molecule has 0 radical (unpaired) electrons. The Bertz CT molecular complexity index is 140. The highest BCUT2D eigenvalue weighted by Crippen LogP contribution is 2.19. The van der Waals surface area contributed by atoms with Crippen molar-refractivity contribution in [2.45, 2.75) is 38.5 Å². The minimum atomic E-state index is 0.740. The van der Waals surface area contributed by atoms with Gasteiger partial charge in [-0.2, -0.15) is 5.26 Å². The van der Waals surface area contributed by atoms with E-state index in [9.17, 15) is 0 Å². The summed E-state index contributed by atoms with van der Waals surface area (Å²) in [6, 6.07) is 2.21. The van der Waals surface area contributed by atoms with Crippen LogP contribution in [0.1, 0.15) is 38.5 Å². The van der Waals surface area contributed by atoms with E-state index in [2.05, 4.69) is 11.4 Å². The molecule has 12 heavy (non-hydrogen) atoms. The van der Waals surface area contributed by atoms with Gasteiger partial charge in [-0.3, -0.25) is 0 Å². The van der Waals surface area contributed by atoms with Gasteiger partial charge in [0.15, 0.2) is 0 Å². The first-order chi connectivity index (χ1) is 5.93. The van der Waals surface area contributed by atoms with Crippen molar-refractivity contribution in [2.75, 3.05) is 13.1 Å². The normalized spacial score (nSPS) is 24.4. The molecule has 1 N–H and O–H groups in total. The topological polar surface area (TPSA) is 35.8 Å². The molecule has 1 heterocycles. The molecule has 0 aromatic rings. The Labute approximate surface area is 75.0 Å². The van der Waals surface area contributed by atoms with Crippen LogP contribution in [0.3, 0.4) is 0 Å². The molecule has 1 fully saturated rings. The molecule has 1 aliphatic rings. The van der Waals surface area contributed by atoms with Crippen LogP contribution < -0.4 is 5.32 Å². The van der Waals surface area contributed by atoms with Crippen molar-refractivity contribution in [3.8, 4) is 6.07 Å². The molecular formula is C10H18N2. The summed E-state index contributed by atoms with van der Waals surface area (Å²) >= 11 is 0. The lowest BCUT2D eigenvalue weighted by Crippen LogP contribution is -2.14. The van der Waals surface area contributed by atoms with Gasteiger partial charge in [-0.15, -0.1) is 0 Å². The summed E-state index contributed by atoms with van der Waals surface area (Å²) in [5, 5.41) is 11.8. The van der Waals surface area contributed by atoms with Crippen molar-refractivity contribution in [2.24, 2.45) is 5.92 Å². The zero-order chi connectivity index (χ0) is 8.65. The van der Waals surface area contributed by atoms with E-state index < -0.39 is 0 Å². The molecule has 2 nitrogen and oxygen atoms in total. The largest absolute Gasteiger partial charge is 0.317 e. The molecule has 1 rings (SSSR count). The predicted molar refractivity (Wildman–Crippen MR) is 49.7 cm³/mol. The van der Waals surface area contributed by atoms with E-state index in [-0.39, 0.29) is 0 Å². The number of rotatable bonds is 3. The fourth-order valence-electron chi connectivity index (χ4n) is 1.85. The highest BCUT2D eigenvalue weighted by atomic mass is 14.8. The summed E-state index contributed by atoms with van der Waals surface area (Å²) < 4.78 is 0. The summed E-state index contributed by atoms with van der Waals surface area (Å²) in [4.78, 5) is 0. The number of nitriles is 1. The fraction of sp³-hybridized carbons (Fsp3) is 0.900. The van der Waals surface area contributed by atoms with Crippen LogP contribution in [0.4, 0.5) is 0 Å². The minimum Gasteiger partial charge on any atom is -0.317 e. The van der Waals surface area contributed by atoms with Gasteiger partial charge in [-0.05, 0) is 51.1 Å². The molecule has 1 saturated heterocycles. The van der Waals surface area contributed by atoms with Crippen molar-refractivity contribution in [3.05, 3.63) is 0 Å². The second-order valence-corrected chi connectivity index (χ2v) is 3.60. The summed E-state index contributed by atoms with van der Waals surface area (Å²) in [5.41, 5.74) is 0. The van der Waals surface area contributed by atoms with Gasteiger partial charge in [0.25, 0.3) is 0 Å². The quantitative estimate of drug-likeness (QED) is 0.651. The monoisotopic (exact) mass is 166 g/mol. The molecule has 0 spiro atoms. The number of nitrogens with one attached hydrogen (secondary N) is 1. The van der Waals surface area contributed by atoms with E-state index in [0.29, 0.717) is 0 Å². The molecule has 0 aromatic carbocycles. The van der Waals surface area contributed by atoms with E-state index in [4.69, 9.17) is 5.26 Å². The van der Waals surface area contributed by atoms with Gasteiger partial charge >= 0.3 is 0 Å². The molecular weight excluding hydrogens is 148 g/mol. The molecule has 0 aromatic heterocycles. The van der Waals surface area contributed by atoms with Crippen molar-refractivity contribution in [1.29, 1.82) is 5.26 Å². The van der Waals surface area contributed by atoms with E-state index in [0.717, 1.165) is 18.8 Å². The third kappa shape index (κ3) is 3.73. The maximum atomic E-state index is 8.39. The predicted octanol–water partition coefficient (Wildman–Crippen LogP) is 2.07. The maximum Gasteiger partial charge on any atom is 0.0621 e. The van der Waals surface area contributed by atoms with Gasteiger partial charge in [0.1, 0.15) is 0 Å². The first-order valence-corrected chi connectivity index (χ1v) is 5.01. The van der Waals surface area contributed by atoms with Gasteiger partial charge in [-0.1, -0.05) is 0 Å². The van der Waals surface area contributed by atoms with Crippen LogP contribution >= 0.6 is 0 Å². The second kappa shape index (κ2) is 6.02. The summed E-state index contributed by atoms with van der Waals surface area (Å²) in [5.74, 6) is 0.883. The van der Waals surface area contributed by atoms with E-state index in [1.807, 2.05) is 0 Å². The Kier molecular flexibility index (Phi) is 4.79. The Morgan fingerprint density at radius 3 is 3.08 bits per heavy atom. The first kappa shape index (κ1) is 9.54. The van der Waals surface area contributed by atoms with Gasteiger partial charge in [0.2, 0.25) is 0 Å². The fourth-order valence-corrected chi connectivity index (χ4v) is 1.85. The van der Waals surface area contributed by atoms with Crippen LogP contribution in [0.15, 0.2) is 0 Å². The lowest BCUT2D eigenvalue weighted by Gasteiger charge is -2.11. The molecule has 68 valence electrons. The lowest BCUT2D eigenvalue weighted by atomic mass is 9.95. The highest BCUT2D eigenvalue weighted by molar-refractivity contribution is 4.72. The van der Waals surface area contributed by atoms with Crippen molar-refractivity contribution >= 4 is 0 Å². The molecule has 0 bridgehead atoms. The smallest absolute Gasteiger partial charge is 0.0621 e. The van der Waals surface area contributed by atoms with Crippen LogP contribution in [0, 0.1) is 17.2 Å². The molecule has 0 saturated carbocycles. The Balaban J connectivity index is 2.08. The Morgan fingerprint density at radius 1 is 1.33 bits per heavy atom. The van der Waals surface area contributed by atoms with Crippen LogP contribution in [-0.2, 0) is 0 Å². The van der Waals surface area contributed by atoms with Crippen LogP contribution in [0.25, 0.3) is 0 Å². The maximum absolute atomic E-state index is 8.39. The van der Waals surface area contributed by atoms with Gasteiger partial charge in [0.05, 0.1) is 6.07 Å². The molecule has 1 unspecified atom stereocenters. The molecule has 2 heteroatoms. The van der Waals surface area contributed by atoms with E-state index in [1.54, 1.807) is 0 Å². The van der Waals surface area contributed by atoms with Crippen molar-refractivity contribution in [3.63, 3.8) is 0 Å². The van der Waals surface area contributed by atoms with Crippen molar-refractivity contribution in [1.82, 2.24) is 5.32 Å². The molecule has 0 aliphatic carbocycles. The third-order valence-electron chi connectivity index (χ3n) is 2.60. The summed E-state index contributed by atoms with van der Waals surface area (Å²) in [7, 11) is 0. The SMILES string of the molecule is N#CCCCC1CCCNCC1. The van der Waals surface area contributed by atoms with Gasteiger partial charge < -0.3 is 5.32 Å². The number of hydrogen-bond acceptors (Lipinski definition) is 2. The third-order valence-corrected chi connectivity index (χ3v) is 2.60. The lowest BCUT2D eigenvalue weighted by molar-refractivity contribution is 0.428. The second-order valence-electron chi connectivity index (χ2n) is 3.60. The molecule has 1 aliphatic heterocycles. The number of unbranched alkanes of at least 4 members (excludes halogenated alkanes) is 1. The van der Waals surface area contributed by atoms with Crippen LogP contribution in [0.2, 0.25) is 0 Å². The average molecular weight is 166 g/mol.